The molecule has 1 unspecified atom stereocenters. The lowest BCUT2D eigenvalue weighted by Crippen LogP contribution is -2.25. The van der Waals surface area contributed by atoms with Crippen molar-refractivity contribution in [3.05, 3.63) is 23.7 Å². The van der Waals surface area contributed by atoms with Crippen molar-refractivity contribution < 1.29 is 4.74 Å². The predicted molar refractivity (Wildman–Crippen MR) is 80.1 cm³/mol. The number of hydrogen-bond acceptors (Lipinski definition) is 3. The van der Waals surface area contributed by atoms with Gasteiger partial charge in [-0.2, -0.15) is 0 Å². The second-order valence-electron chi connectivity index (χ2n) is 5.58. The zero-order valence-electron chi connectivity index (χ0n) is 12.0. The second-order valence-corrected chi connectivity index (χ2v) is 5.84. The van der Waals surface area contributed by atoms with Gasteiger partial charge in [-0.15, -0.1) is 11.6 Å². The van der Waals surface area contributed by atoms with Gasteiger partial charge in [0.15, 0.2) is 5.65 Å². The number of hydrogen-bond donors (Lipinski definition) is 0. The quantitative estimate of drug-likeness (QED) is 0.814. The van der Waals surface area contributed by atoms with Crippen molar-refractivity contribution in [3.63, 3.8) is 0 Å². The van der Waals surface area contributed by atoms with Crippen molar-refractivity contribution in [2.45, 2.75) is 38.6 Å². The van der Waals surface area contributed by atoms with Crippen LogP contribution in [-0.4, -0.2) is 27.7 Å². The predicted octanol–water partition coefficient (Wildman–Crippen LogP) is 3.47. The molecule has 0 aromatic carbocycles. The fourth-order valence-electron chi connectivity index (χ4n) is 3.06. The minimum absolute atomic E-state index is 0.354. The van der Waals surface area contributed by atoms with Gasteiger partial charge in [0.25, 0.3) is 0 Å². The third-order valence-corrected chi connectivity index (χ3v) is 4.45. The molecule has 2 aromatic rings. The van der Waals surface area contributed by atoms with Crippen molar-refractivity contribution in [3.8, 4) is 0 Å². The van der Waals surface area contributed by atoms with Crippen LogP contribution in [0.2, 0.25) is 0 Å². The average molecular weight is 294 g/mol. The maximum Gasteiger partial charge on any atom is 0.160 e. The largest absolute Gasteiger partial charge is 0.381 e. The highest BCUT2D eigenvalue weighted by molar-refractivity contribution is 6.16. The molecule has 0 N–H and O–H groups in total. The maximum atomic E-state index is 6.09. The number of ether oxygens (including phenoxy) is 1. The molecule has 0 radical (unpaired) electrons. The third-order valence-electron chi connectivity index (χ3n) is 4.21. The van der Waals surface area contributed by atoms with Crippen LogP contribution in [-0.2, 0) is 10.6 Å². The highest BCUT2D eigenvalue weighted by Crippen LogP contribution is 2.31. The summed E-state index contributed by atoms with van der Waals surface area (Å²) in [6.07, 6.45) is 4.08. The summed E-state index contributed by atoms with van der Waals surface area (Å²) in [5.41, 5.74) is 3.02. The monoisotopic (exact) mass is 293 g/mol. The lowest BCUT2D eigenvalue weighted by molar-refractivity contribution is 0.0515. The molecule has 0 spiro atoms. The topological polar surface area (TPSA) is 39.9 Å². The smallest absolute Gasteiger partial charge is 0.160 e. The fourth-order valence-corrected chi connectivity index (χ4v) is 3.25. The van der Waals surface area contributed by atoms with Gasteiger partial charge in [-0.25, -0.2) is 9.97 Å². The van der Waals surface area contributed by atoms with Crippen molar-refractivity contribution in [1.82, 2.24) is 14.5 Å². The third kappa shape index (κ3) is 2.42. The molecule has 1 aliphatic rings. The minimum Gasteiger partial charge on any atom is -0.381 e. The van der Waals surface area contributed by atoms with E-state index in [-0.39, 0.29) is 0 Å². The van der Waals surface area contributed by atoms with Crippen molar-refractivity contribution in [1.29, 1.82) is 0 Å². The minimum atomic E-state index is 0.354. The SMILES string of the molecule is Cc1cnc2c(c1)nc(CCl)n2C(C)C1CCOCC1. The van der Waals surface area contributed by atoms with Crippen molar-refractivity contribution in [2.75, 3.05) is 13.2 Å². The van der Waals surface area contributed by atoms with Crippen LogP contribution in [0.25, 0.3) is 11.2 Å². The Kier molecular flexibility index (Phi) is 3.94. The van der Waals surface area contributed by atoms with Gasteiger partial charge >= 0.3 is 0 Å². The molecule has 0 amide bonds. The van der Waals surface area contributed by atoms with Crippen LogP contribution >= 0.6 is 11.6 Å². The number of pyridine rings is 1. The highest BCUT2D eigenvalue weighted by Gasteiger charge is 2.25. The summed E-state index contributed by atoms with van der Waals surface area (Å²) >= 11 is 6.09. The standard InChI is InChI=1S/C15H20ClN3O/c1-10-7-13-15(17-9-10)19(14(8-16)18-13)11(2)12-3-5-20-6-4-12/h7,9,11-12H,3-6,8H2,1-2H3. The molecule has 1 aliphatic heterocycles. The van der Waals surface area contributed by atoms with Gasteiger partial charge in [0.05, 0.1) is 5.88 Å². The van der Waals surface area contributed by atoms with E-state index in [0.29, 0.717) is 17.8 Å². The molecule has 0 saturated carbocycles. The summed E-state index contributed by atoms with van der Waals surface area (Å²) in [5.74, 6) is 1.94. The van der Waals surface area contributed by atoms with Crippen molar-refractivity contribution >= 4 is 22.8 Å². The number of rotatable bonds is 3. The van der Waals surface area contributed by atoms with Gasteiger partial charge < -0.3 is 9.30 Å². The maximum absolute atomic E-state index is 6.09. The summed E-state index contributed by atoms with van der Waals surface area (Å²) in [6.45, 7) is 5.98. The Morgan fingerprint density at radius 2 is 2.20 bits per heavy atom. The number of imidazole rings is 1. The van der Waals surface area contributed by atoms with E-state index >= 15 is 0 Å². The van der Waals surface area contributed by atoms with Crippen LogP contribution < -0.4 is 0 Å². The molecule has 1 atom stereocenters. The normalized spacial score (nSPS) is 18.6. The first-order valence-electron chi connectivity index (χ1n) is 7.18. The number of nitrogens with zero attached hydrogens (tertiary/aromatic N) is 3. The molecular formula is C15H20ClN3O. The molecule has 4 nitrogen and oxygen atoms in total. The Morgan fingerprint density at radius 1 is 1.45 bits per heavy atom. The van der Waals surface area contributed by atoms with E-state index in [1.807, 2.05) is 13.1 Å². The molecule has 2 aromatic heterocycles. The van der Waals surface area contributed by atoms with Gasteiger partial charge in [-0.3, -0.25) is 0 Å². The van der Waals surface area contributed by atoms with E-state index in [0.717, 1.165) is 48.6 Å². The zero-order valence-corrected chi connectivity index (χ0v) is 12.7. The lowest BCUT2D eigenvalue weighted by Gasteiger charge is -2.29. The molecular weight excluding hydrogens is 274 g/mol. The van der Waals surface area contributed by atoms with Gasteiger partial charge in [0, 0.05) is 25.5 Å². The summed E-state index contributed by atoms with van der Waals surface area (Å²) < 4.78 is 7.68. The van der Waals surface area contributed by atoms with Crippen molar-refractivity contribution in [2.24, 2.45) is 5.92 Å². The average Bonchev–Trinajstić information content (AvgIpc) is 2.84. The lowest BCUT2D eigenvalue weighted by atomic mass is 9.92. The Hall–Kier alpha value is -1.13. The fraction of sp³-hybridized carbons (Fsp3) is 0.600. The molecule has 1 saturated heterocycles. The molecule has 5 heteroatoms. The number of fused-ring (bicyclic) bond motifs is 1. The van der Waals surface area contributed by atoms with Gasteiger partial charge in [-0.05, 0) is 44.2 Å². The van der Waals surface area contributed by atoms with E-state index in [2.05, 4.69) is 27.5 Å². The molecule has 0 aliphatic carbocycles. The second kappa shape index (κ2) is 5.70. The summed E-state index contributed by atoms with van der Waals surface area (Å²) in [4.78, 5) is 9.22. The van der Waals surface area contributed by atoms with Crippen LogP contribution in [0.5, 0.6) is 0 Å². The summed E-state index contributed by atoms with van der Waals surface area (Å²) in [6, 6.07) is 2.43. The number of aryl methyl sites for hydroxylation is 1. The van der Waals surface area contributed by atoms with E-state index < -0.39 is 0 Å². The van der Waals surface area contributed by atoms with Gasteiger partial charge in [0.2, 0.25) is 0 Å². The molecule has 1 fully saturated rings. The number of aromatic nitrogens is 3. The Morgan fingerprint density at radius 3 is 2.90 bits per heavy atom. The van der Waals surface area contributed by atoms with E-state index in [1.54, 1.807) is 0 Å². The number of alkyl halides is 1. The molecule has 108 valence electrons. The first-order chi connectivity index (χ1) is 9.70. The van der Waals surface area contributed by atoms with E-state index in [4.69, 9.17) is 16.3 Å². The van der Waals surface area contributed by atoms with Gasteiger partial charge in [0.1, 0.15) is 11.3 Å². The number of halogens is 1. The van der Waals surface area contributed by atoms with Crippen LogP contribution in [0.3, 0.4) is 0 Å². The van der Waals surface area contributed by atoms with Crippen LogP contribution in [0.4, 0.5) is 0 Å². The molecule has 3 rings (SSSR count). The Labute approximate surface area is 124 Å². The zero-order chi connectivity index (χ0) is 14.1. The van der Waals surface area contributed by atoms with Crippen LogP contribution in [0.1, 0.15) is 37.2 Å². The summed E-state index contributed by atoms with van der Waals surface area (Å²) in [7, 11) is 0. The summed E-state index contributed by atoms with van der Waals surface area (Å²) in [5, 5.41) is 0. The van der Waals surface area contributed by atoms with E-state index in [1.165, 1.54) is 0 Å². The molecule has 0 bridgehead atoms. The Balaban J connectivity index is 2.04. The first-order valence-corrected chi connectivity index (χ1v) is 7.71. The Bertz CT molecular complexity index is 604. The molecule has 20 heavy (non-hydrogen) atoms. The van der Waals surface area contributed by atoms with Gasteiger partial charge in [-0.1, -0.05) is 0 Å². The first kappa shape index (κ1) is 13.8. The van der Waals surface area contributed by atoms with Crippen LogP contribution in [0, 0.1) is 12.8 Å². The highest BCUT2D eigenvalue weighted by atomic mass is 35.5. The van der Waals surface area contributed by atoms with E-state index in [9.17, 15) is 0 Å². The van der Waals surface area contributed by atoms with Crippen LogP contribution in [0.15, 0.2) is 12.3 Å². The molecule has 3 heterocycles.